The van der Waals surface area contributed by atoms with Gasteiger partial charge in [-0.05, 0) is 45.7 Å². The third-order valence-electron chi connectivity index (χ3n) is 3.85. The molecule has 22 heavy (non-hydrogen) atoms. The van der Waals surface area contributed by atoms with E-state index in [1.165, 1.54) is 11.3 Å². The first-order chi connectivity index (χ1) is 10.4. The number of nitrogens with zero attached hydrogens (tertiary/aromatic N) is 2. The van der Waals surface area contributed by atoms with Crippen molar-refractivity contribution < 1.29 is 9.53 Å². The van der Waals surface area contributed by atoms with Crippen molar-refractivity contribution in [2.24, 2.45) is 0 Å². The number of nitrogens with one attached hydrogen (secondary N) is 1. The molecule has 0 bridgehead atoms. The maximum absolute atomic E-state index is 12.5. The van der Waals surface area contributed by atoms with Crippen LogP contribution >= 0.6 is 11.3 Å². The lowest BCUT2D eigenvalue weighted by molar-refractivity contribution is -0.0615. The predicted octanol–water partition coefficient (Wildman–Crippen LogP) is 2.93. The van der Waals surface area contributed by atoms with Gasteiger partial charge in [0, 0.05) is 25.0 Å². The minimum Gasteiger partial charge on any atom is -0.375 e. The second kappa shape index (κ2) is 5.85. The van der Waals surface area contributed by atoms with E-state index < -0.39 is 0 Å². The van der Waals surface area contributed by atoms with Gasteiger partial charge in [-0.3, -0.25) is 4.79 Å². The summed E-state index contributed by atoms with van der Waals surface area (Å²) in [6.07, 6.45) is 5.56. The maximum atomic E-state index is 12.5. The summed E-state index contributed by atoms with van der Waals surface area (Å²) >= 11 is 1.42. The molecule has 0 spiro atoms. The predicted molar refractivity (Wildman–Crippen MR) is 86.7 cm³/mol. The number of ether oxygens (including phenoxy) is 1. The van der Waals surface area contributed by atoms with Crippen molar-refractivity contribution in [1.82, 2.24) is 14.9 Å². The number of hydrogen-bond acceptors (Lipinski definition) is 4. The number of amides is 1. The number of carbonyl (C=O) groups is 1. The van der Waals surface area contributed by atoms with Gasteiger partial charge in [0.2, 0.25) is 0 Å². The summed E-state index contributed by atoms with van der Waals surface area (Å²) in [5.41, 5.74) is 0.604. The van der Waals surface area contributed by atoms with Crippen molar-refractivity contribution in [3.63, 3.8) is 0 Å². The molecule has 1 aliphatic heterocycles. The van der Waals surface area contributed by atoms with Crippen LogP contribution in [-0.2, 0) is 4.74 Å². The Labute approximate surface area is 134 Å². The van der Waals surface area contributed by atoms with Gasteiger partial charge in [-0.15, -0.1) is 0 Å². The summed E-state index contributed by atoms with van der Waals surface area (Å²) in [6.45, 7) is 6.70. The van der Waals surface area contributed by atoms with Gasteiger partial charge in [0.1, 0.15) is 4.88 Å². The molecule has 2 aromatic heterocycles. The van der Waals surface area contributed by atoms with E-state index in [0.717, 1.165) is 23.7 Å². The van der Waals surface area contributed by atoms with Crippen molar-refractivity contribution in [2.45, 2.75) is 45.3 Å². The van der Waals surface area contributed by atoms with Crippen LogP contribution in [0.15, 0.2) is 24.5 Å². The summed E-state index contributed by atoms with van der Waals surface area (Å²) in [5.74, 6) is -0.0314. The largest absolute Gasteiger partial charge is 0.375 e. The fourth-order valence-corrected chi connectivity index (χ4v) is 3.71. The Morgan fingerprint density at radius 3 is 2.86 bits per heavy atom. The van der Waals surface area contributed by atoms with Gasteiger partial charge >= 0.3 is 0 Å². The molecule has 1 atom stereocenters. The highest BCUT2D eigenvalue weighted by atomic mass is 32.1. The summed E-state index contributed by atoms with van der Waals surface area (Å²) in [6, 6.07) is 4.05. The number of rotatable bonds is 3. The molecule has 2 aromatic rings. The summed E-state index contributed by atoms with van der Waals surface area (Å²) in [7, 11) is 0. The Morgan fingerprint density at radius 2 is 2.18 bits per heavy atom. The molecular formula is C16H21N3O2S. The molecule has 1 amide bonds. The number of aryl methyl sites for hydroxylation is 1. The monoisotopic (exact) mass is 319 g/mol. The van der Waals surface area contributed by atoms with Crippen LogP contribution in [0, 0.1) is 6.92 Å². The maximum Gasteiger partial charge on any atom is 0.263 e. The minimum atomic E-state index is -0.171. The Bertz CT molecular complexity index is 661. The molecule has 1 aliphatic rings. The SMILES string of the molecule is Cc1nc(-n2cccc2)sc1C(=O)NC1CCOC(C)(C)C1. The van der Waals surface area contributed by atoms with Crippen LogP contribution in [0.1, 0.15) is 42.1 Å². The smallest absolute Gasteiger partial charge is 0.263 e. The molecular weight excluding hydrogens is 298 g/mol. The van der Waals surface area contributed by atoms with Crippen LogP contribution in [0.25, 0.3) is 5.13 Å². The first-order valence-electron chi connectivity index (χ1n) is 7.50. The zero-order valence-corrected chi connectivity index (χ0v) is 13.9. The van der Waals surface area contributed by atoms with E-state index in [1.54, 1.807) is 0 Å². The molecule has 0 saturated carbocycles. The average molecular weight is 319 g/mol. The topological polar surface area (TPSA) is 56.2 Å². The van der Waals surface area contributed by atoms with Crippen LogP contribution in [0.4, 0.5) is 0 Å². The lowest BCUT2D eigenvalue weighted by Crippen LogP contribution is -2.45. The molecule has 6 heteroatoms. The molecule has 0 aliphatic carbocycles. The highest BCUT2D eigenvalue weighted by Crippen LogP contribution is 2.26. The first-order valence-corrected chi connectivity index (χ1v) is 8.32. The van der Waals surface area contributed by atoms with Gasteiger partial charge in [-0.25, -0.2) is 4.98 Å². The van der Waals surface area contributed by atoms with E-state index in [0.29, 0.717) is 11.5 Å². The zero-order chi connectivity index (χ0) is 15.7. The van der Waals surface area contributed by atoms with Crippen molar-refractivity contribution >= 4 is 17.2 Å². The molecule has 1 N–H and O–H groups in total. The second-order valence-corrected chi connectivity index (χ2v) is 7.25. The van der Waals surface area contributed by atoms with Crippen LogP contribution in [-0.4, -0.2) is 33.7 Å². The fourth-order valence-electron chi connectivity index (χ4n) is 2.77. The van der Waals surface area contributed by atoms with E-state index >= 15 is 0 Å². The van der Waals surface area contributed by atoms with Gasteiger partial charge < -0.3 is 14.6 Å². The van der Waals surface area contributed by atoms with Crippen LogP contribution < -0.4 is 5.32 Å². The van der Waals surface area contributed by atoms with Gasteiger partial charge in [-0.2, -0.15) is 0 Å². The van der Waals surface area contributed by atoms with Gasteiger partial charge in [0.05, 0.1) is 11.3 Å². The summed E-state index contributed by atoms with van der Waals surface area (Å²) in [4.78, 5) is 17.7. The third-order valence-corrected chi connectivity index (χ3v) is 5.02. The molecule has 1 unspecified atom stereocenters. The minimum absolute atomic E-state index is 0.0314. The lowest BCUT2D eigenvalue weighted by Gasteiger charge is -2.35. The van der Waals surface area contributed by atoms with Crippen LogP contribution in [0.3, 0.4) is 0 Å². The number of hydrogen-bond donors (Lipinski definition) is 1. The fraction of sp³-hybridized carbons (Fsp3) is 0.500. The molecule has 118 valence electrons. The molecule has 0 aromatic carbocycles. The average Bonchev–Trinajstić information content (AvgIpc) is 3.06. The Morgan fingerprint density at radius 1 is 1.45 bits per heavy atom. The second-order valence-electron chi connectivity index (χ2n) is 6.27. The number of aromatic nitrogens is 2. The van der Waals surface area contributed by atoms with Crippen LogP contribution in [0.2, 0.25) is 0 Å². The van der Waals surface area contributed by atoms with E-state index in [-0.39, 0.29) is 17.6 Å². The highest BCUT2D eigenvalue weighted by Gasteiger charge is 2.30. The molecule has 3 heterocycles. The van der Waals surface area contributed by atoms with E-state index in [4.69, 9.17) is 4.74 Å². The van der Waals surface area contributed by atoms with Crippen molar-refractivity contribution in [3.05, 3.63) is 35.1 Å². The Balaban J connectivity index is 1.73. The molecule has 1 saturated heterocycles. The van der Waals surface area contributed by atoms with E-state index in [9.17, 15) is 4.79 Å². The van der Waals surface area contributed by atoms with Gasteiger partial charge in [0.15, 0.2) is 5.13 Å². The van der Waals surface area contributed by atoms with Crippen molar-refractivity contribution in [1.29, 1.82) is 0 Å². The van der Waals surface area contributed by atoms with E-state index in [1.807, 2.05) is 36.0 Å². The molecule has 0 radical (unpaired) electrons. The van der Waals surface area contributed by atoms with Crippen molar-refractivity contribution in [2.75, 3.05) is 6.61 Å². The Kier molecular flexibility index (Phi) is 4.06. The Hall–Kier alpha value is -1.66. The summed E-state index contributed by atoms with van der Waals surface area (Å²) in [5, 5.41) is 3.95. The highest BCUT2D eigenvalue weighted by molar-refractivity contribution is 7.16. The quantitative estimate of drug-likeness (QED) is 0.946. The van der Waals surface area contributed by atoms with E-state index in [2.05, 4.69) is 24.1 Å². The van der Waals surface area contributed by atoms with Crippen molar-refractivity contribution in [3.8, 4) is 5.13 Å². The first kappa shape index (κ1) is 15.2. The summed E-state index contributed by atoms with van der Waals surface area (Å²) < 4.78 is 7.62. The molecule has 5 nitrogen and oxygen atoms in total. The molecule has 1 fully saturated rings. The zero-order valence-electron chi connectivity index (χ0n) is 13.1. The third kappa shape index (κ3) is 3.23. The number of thiazole rings is 1. The molecule has 3 rings (SSSR count). The van der Waals surface area contributed by atoms with Gasteiger partial charge in [-0.1, -0.05) is 11.3 Å². The lowest BCUT2D eigenvalue weighted by atomic mass is 9.94. The van der Waals surface area contributed by atoms with Crippen LogP contribution in [0.5, 0.6) is 0 Å². The number of carbonyl (C=O) groups excluding carboxylic acids is 1. The normalized spacial score (nSPS) is 20.8. The standard InChI is InChI=1S/C16H21N3O2S/c1-11-13(22-15(17-11)19-7-4-5-8-19)14(20)18-12-6-9-21-16(2,3)10-12/h4-5,7-8,12H,6,9-10H2,1-3H3,(H,18,20). The van der Waals surface area contributed by atoms with Gasteiger partial charge in [0.25, 0.3) is 5.91 Å².